The van der Waals surface area contributed by atoms with E-state index in [2.05, 4.69) is 15.2 Å². The van der Waals surface area contributed by atoms with Crippen LogP contribution in [0.4, 0.5) is 15.8 Å². The largest absolute Gasteiger partial charge is 0.355 e. The molecule has 0 radical (unpaired) electrons. The number of hydrogen-bond acceptors (Lipinski definition) is 5. The molecule has 0 aliphatic heterocycles. The zero-order valence-electron chi connectivity index (χ0n) is 13.6. The third-order valence-electron chi connectivity index (χ3n) is 3.31. The van der Waals surface area contributed by atoms with Crippen LogP contribution in [0.1, 0.15) is 10.5 Å². The number of benzene rings is 2. The molecule has 0 aliphatic rings. The Morgan fingerprint density at radius 1 is 1.08 bits per heavy atom. The smallest absolute Gasteiger partial charge is 0.277 e. The van der Waals surface area contributed by atoms with Gasteiger partial charge in [0.25, 0.3) is 5.91 Å². The fourth-order valence-corrected chi connectivity index (χ4v) is 2.79. The lowest BCUT2D eigenvalue weighted by atomic mass is 10.1. The first-order valence-corrected chi connectivity index (χ1v) is 9.32. The zero-order valence-corrected chi connectivity index (χ0v) is 14.4. The number of rotatable bonds is 5. The number of carbonyl (C=O) groups is 1. The standard InChI is InChI=1S/C17H14FN3O4S/c1-26(23,24)21-12-6-4-5-11(9-12)19-17(22)15-10-16(25-20-15)13-7-2-3-8-14(13)18/h2-10,21H,1H3,(H,19,22). The monoisotopic (exact) mass is 375 g/mol. The SMILES string of the molecule is CS(=O)(=O)Nc1cccc(NC(=O)c2cc(-c3ccccc3F)on2)c1. The van der Waals surface area contributed by atoms with Gasteiger partial charge in [0.1, 0.15) is 5.82 Å². The Bertz CT molecular complexity index is 1060. The Hall–Kier alpha value is -3.20. The molecule has 7 nitrogen and oxygen atoms in total. The summed E-state index contributed by atoms with van der Waals surface area (Å²) in [5.74, 6) is -0.941. The first kappa shape index (κ1) is 17.6. The van der Waals surface area contributed by atoms with Crippen LogP contribution in [0.3, 0.4) is 0 Å². The van der Waals surface area contributed by atoms with Gasteiger partial charge in [-0.1, -0.05) is 23.4 Å². The van der Waals surface area contributed by atoms with Gasteiger partial charge >= 0.3 is 0 Å². The Balaban J connectivity index is 1.77. The van der Waals surface area contributed by atoms with Crippen molar-refractivity contribution in [3.63, 3.8) is 0 Å². The minimum absolute atomic E-state index is 0.0373. The number of sulfonamides is 1. The molecule has 0 saturated carbocycles. The van der Waals surface area contributed by atoms with E-state index in [0.29, 0.717) is 11.4 Å². The zero-order chi connectivity index (χ0) is 18.7. The molecule has 0 fully saturated rings. The number of carbonyl (C=O) groups excluding carboxylic acids is 1. The summed E-state index contributed by atoms with van der Waals surface area (Å²) in [6.45, 7) is 0. The number of aromatic nitrogens is 1. The lowest BCUT2D eigenvalue weighted by Crippen LogP contribution is -2.13. The quantitative estimate of drug-likeness (QED) is 0.714. The Morgan fingerprint density at radius 2 is 1.81 bits per heavy atom. The summed E-state index contributed by atoms with van der Waals surface area (Å²) in [4.78, 5) is 12.3. The van der Waals surface area contributed by atoms with Crippen molar-refractivity contribution in [2.24, 2.45) is 0 Å². The Morgan fingerprint density at radius 3 is 2.54 bits per heavy atom. The molecule has 0 bridgehead atoms. The van der Waals surface area contributed by atoms with Crippen LogP contribution in [0.25, 0.3) is 11.3 Å². The van der Waals surface area contributed by atoms with Crippen LogP contribution in [0.15, 0.2) is 59.1 Å². The average Bonchev–Trinajstić information content (AvgIpc) is 3.04. The van der Waals surface area contributed by atoms with Crippen LogP contribution < -0.4 is 10.0 Å². The van der Waals surface area contributed by atoms with E-state index in [9.17, 15) is 17.6 Å². The van der Waals surface area contributed by atoms with Gasteiger partial charge in [-0.05, 0) is 30.3 Å². The average molecular weight is 375 g/mol. The molecule has 2 N–H and O–H groups in total. The summed E-state index contributed by atoms with van der Waals surface area (Å²) in [7, 11) is -3.43. The van der Waals surface area contributed by atoms with E-state index < -0.39 is 21.7 Å². The van der Waals surface area contributed by atoms with Crippen molar-refractivity contribution in [1.82, 2.24) is 5.16 Å². The van der Waals surface area contributed by atoms with E-state index in [0.717, 1.165) is 6.26 Å². The van der Waals surface area contributed by atoms with Gasteiger partial charge < -0.3 is 9.84 Å². The summed E-state index contributed by atoms with van der Waals surface area (Å²) in [6.07, 6.45) is 1.03. The predicted molar refractivity (Wildman–Crippen MR) is 94.8 cm³/mol. The van der Waals surface area contributed by atoms with Gasteiger partial charge in [-0.15, -0.1) is 0 Å². The first-order chi connectivity index (χ1) is 12.3. The van der Waals surface area contributed by atoms with Crippen LogP contribution in [0.5, 0.6) is 0 Å². The summed E-state index contributed by atoms with van der Waals surface area (Å²) in [6, 6.07) is 13.5. The molecule has 0 saturated heterocycles. The molecule has 1 amide bonds. The van der Waals surface area contributed by atoms with Crippen molar-refractivity contribution >= 4 is 27.3 Å². The van der Waals surface area contributed by atoms with Crippen molar-refractivity contribution < 1.29 is 22.1 Å². The van der Waals surface area contributed by atoms with Crippen LogP contribution in [-0.4, -0.2) is 25.7 Å². The van der Waals surface area contributed by atoms with Crippen molar-refractivity contribution in [1.29, 1.82) is 0 Å². The fourth-order valence-electron chi connectivity index (χ4n) is 2.24. The summed E-state index contributed by atoms with van der Waals surface area (Å²) >= 11 is 0. The van der Waals surface area contributed by atoms with E-state index >= 15 is 0 Å². The molecule has 2 aromatic carbocycles. The van der Waals surface area contributed by atoms with Gasteiger partial charge in [0.2, 0.25) is 10.0 Å². The van der Waals surface area contributed by atoms with Crippen molar-refractivity contribution in [3.8, 4) is 11.3 Å². The molecule has 3 rings (SSSR count). The van der Waals surface area contributed by atoms with E-state index in [1.54, 1.807) is 30.3 Å². The molecule has 3 aromatic rings. The first-order valence-electron chi connectivity index (χ1n) is 7.43. The van der Waals surface area contributed by atoms with Gasteiger partial charge in [0.05, 0.1) is 17.5 Å². The van der Waals surface area contributed by atoms with E-state index in [-0.39, 0.29) is 17.0 Å². The van der Waals surface area contributed by atoms with Crippen LogP contribution in [0, 0.1) is 5.82 Å². The third kappa shape index (κ3) is 4.25. The molecule has 0 spiro atoms. The number of hydrogen-bond donors (Lipinski definition) is 2. The highest BCUT2D eigenvalue weighted by molar-refractivity contribution is 7.92. The Labute approximate surface area is 148 Å². The van der Waals surface area contributed by atoms with E-state index in [1.807, 2.05) is 0 Å². The molecule has 0 aliphatic carbocycles. The maximum Gasteiger partial charge on any atom is 0.277 e. The number of nitrogens with zero attached hydrogens (tertiary/aromatic N) is 1. The summed E-state index contributed by atoms with van der Waals surface area (Å²) in [5, 5.41) is 6.22. The summed E-state index contributed by atoms with van der Waals surface area (Å²) in [5.41, 5.74) is 0.819. The second-order valence-electron chi connectivity index (χ2n) is 5.47. The van der Waals surface area contributed by atoms with Crippen LogP contribution >= 0.6 is 0 Å². The molecule has 1 heterocycles. The van der Waals surface area contributed by atoms with Gasteiger partial charge in [-0.2, -0.15) is 0 Å². The molecule has 0 atom stereocenters. The van der Waals surface area contributed by atoms with Crippen molar-refractivity contribution in [2.75, 3.05) is 16.3 Å². The lowest BCUT2D eigenvalue weighted by Gasteiger charge is -2.07. The highest BCUT2D eigenvalue weighted by Crippen LogP contribution is 2.24. The molecular formula is C17H14FN3O4S. The Kier molecular flexibility index (Phi) is 4.72. The highest BCUT2D eigenvalue weighted by atomic mass is 32.2. The topological polar surface area (TPSA) is 101 Å². The van der Waals surface area contributed by atoms with Gasteiger partial charge in [-0.3, -0.25) is 9.52 Å². The molecular weight excluding hydrogens is 361 g/mol. The predicted octanol–water partition coefficient (Wildman–Crippen LogP) is 3.10. The molecule has 1 aromatic heterocycles. The number of amides is 1. The number of halogens is 1. The number of nitrogens with one attached hydrogen (secondary N) is 2. The lowest BCUT2D eigenvalue weighted by molar-refractivity contribution is 0.101. The maximum absolute atomic E-state index is 13.8. The van der Waals surface area contributed by atoms with Crippen LogP contribution in [-0.2, 0) is 10.0 Å². The second kappa shape index (κ2) is 6.96. The van der Waals surface area contributed by atoms with Crippen molar-refractivity contribution in [2.45, 2.75) is 0 Å². The van der Waals surface area contributed by atoms with Gasteiger partial charge in [0.15, 0.2) is 11.5 Å². The fraction of sp³-hybridized carbons (Fsp3) is 0.0588. The maximum atomic E-state index is 13.8. The minimum atomic E-state index is -3.43. The van der Waals surface area contributed by atoms with Gasteiger partial charge in [0, 0.05) is 11.8 Å². The van der Waals surface area contributed by atoms with E-state index in [4.69, 9.17) is 4.52 Å². The second-order valence-corrected chi connectivity index (χ2v) is 7.21. The highest BCUT2D eigenvalue weighted by Gasteiger charge is 2.16. The summed E-state index contributed by atoms with van der Waals surface area (Å²) < 4.78 is 43.7. The van der Waals surface area contributed by atoms with Gasteiger partial charge in [-0.25, -0.2) is 12.8 Å². The van der Waals surface area contributed by atoms with Crippen molar-refractivity contribution in [3.05, 3.63) is 66.1 Å². The third-order valence-corrected chi connectivity index (χ3v) is 3.91. The molecule has 26 heavy (non-hydrogen) atoms. The van der Waals surface area contributed by atoms with E-state index in [1.165, 1.54) is 24.3 Å². The normalized spacial score (nSPS) is 11.2. The molecule has 0 unspecified atom stereocenters. The number of anilines is 2. The van der Waals surface area contributed by atoms with Crippen LogP contribution in [0.2, 0.25) is 0 Å². The molecule has 134 valence electrons. The minimum Gasteiger partial charge on any atom is -0.355 e. The molecule has 9 heteroatoms.